The van der Waals surface area contributed by atoms with Gasteiger partial charge in [0.2, 0.25) is 11.0 Å². The molecule has 2 N–H and O–H groups in total. The maximum atomic E-state index is 12.5. The topological polar surface area (TPSA) is 93.2 Å². The molecule has 7 nitrogen and oxygen atoms in total. The Hall–Kier alpha value is -2.91. The number of nitrogens with one attached hydrogen (secondary N) is 2. The minimum atomic E-state index is -0.406. The van der Waals surface area contributed by atoms with Crippen LogP contribution in [0.1, 0.15) is 24.2 Å². The van der Waals surface area contributed by atoms with Crippen LogP contribution in [0.4, 0.5) is 16.5 Å². The number of para-hydroxylation sites is 1. The highest BCUT2D eigenvalue weighted by atomic mass is 32.2. The Bertz CT molecular complexity index is 1000. The number of nitrogens with zero attached hydrogens (tertiary/aromatic N) is 2. The van der Waals surface area contributed by atoms with Crippen LogP contribution in [-0.4, -0.2) is 34.2 Å². The summed E-state index contributed by atoms with van der Waals surface area (Å²) in [6, 6.07) is 14.4. The average molecular weight is 429 g/mol. The standard InChI is InChI=1S/C20H20N4O3S2/c1-12(25)16-6-4-5-7-17(16)22-18(26)13(2)28-20-24-23-19(29-20)21-14-8-10-15(27-3)11-9-14/h4-11,13H,1-3H3,(H,21,23)(H,22,26). The van der Waals surface area contributed by atoms with Crippen LogP contribution in [0.5, 0.6) is 5.75 Å². The molecule has 150 valence electrons. The van der Waals surface area contributed by atoms with E-state index in [1.807, 2.05) is 24.3 Å². The first-order valence-electron chi connectivity index (χ1n) is 8.78. The summed E-state index contributed by atoms with van der Waals surface area (Å²) in [4.78, 5) is 24.2. The summed E-state index contributed by atoms with van der Waals surface area (Å²) in [6.07, 6.45) is 0. The summed E-state index contributed by atoms with van der Waals surface area (Å²) in [5.41, 5.74) is 1.86. The predicted molar refractivity (Wildman–Crippen MR) is 117 cm³/mol. The van der Waals surface area contributed by atoms with Crippen molar-refractivity contribution >= 4 is 51.3 Å². The van der Waals surface area contributed by atoms with Gasteiger partial charge in [0, 0.05) is 11.3 Å². The third-order valence-electron chi connectivity index (χ3n) is 3.96. The number of thioether (sulfide) groups is 1. The summed E-state index contributed by atoms with van der Waals surface area (Å²) >= 11 is 2.67. The van der Waals surface area contributed by atoms with E-state index < -0.39 is 5.25 Å². The van der Waals surface area contributed by atoms with Crippen molar-refractivity contribution in [1.82, 2.24) is 10.2 Å². The van der Waals surface area contributed by atoms with E-state index in [2.05, 4.69) is 20.8 Å². The largest absolute Gasteiger partial charge is 0.497 e. The van der Waals surface area contributed by atoms with Gasteiger partial charge < -0.3 is 15.4 Å². The van der Waals surface area contributed by atoms with Gasteiger partial charge in [0.1, 0.15) is 5.75 Å². The van der Waals surface area contributed by atoms with Crippen LogP contribution in [-0.2, 0) is 4.79 Å². The van der Waals surface area contributed by atoms with Gasteiger partial charge in [-0.05, 0) is 50.2 Å². The zero-order chi connectivity index (χ0) is 20.8. The number of hydrogen-bond acceptors (Lipinski definition) is 8. The third kappa shape index (κ3) is 5.55. The molecule has 2 aromatic carbocycles. The van der Waals surface area contributed by atoms with Gasteiger partial charge in [-0.3, -0.25) is 9.59 Å². The average Bonchev–Trinajstić information content (AvgIpc) is 3.15. The molecule has 1 aromatic heterocycles. The fourth-order valence-corrected chi connectivity index (χ4v) is 4.36. The van der Waals surface area contributed by atoms with E-state index in [1.165, 1.54) is 30.0 Å². The molecule has 1 atom stereocenters. The third-order valence-corrected chi connectivity index (χ3v) is 5.98. The van der Waals surface area contributed by atoms with Crippen molar-refractivity contribution < 1.29 is 14.3 Å². The monoisotopic (exact) mass is 428 g/mol. The van der Waals surface area contributed by atoms with Crippen LogP contribution < -0.4 is 15.4 Å². The number of methoxy groups -OCH3 is 1. The highest BCUT2D eigenvalue weighted by Gasteiger charge is 2.19. The number of Topliss-reactive ketones (excluding diaryl/α,β-unsaturated/α-hetero) is 1. The Morgan fingerprint density at radius 2 is 1.83 bits per heavy atom. The summed E-state index contributed by atoms with van der Waals surface area (Å²) < 4.78 is 5.81. The van der Waals surface area contributed by atoms with E-state index in [1.54, 1.807) is 38.3 Å². The van der Waals surface area contributed by atoms with Crippen molar-refractivity contribution in [3.8, 4) is 5.75 Å². The Morgan fingerprint density at radius 1 is 1.10 bits per heavy atom. The van der Waals surface area contributed by atoms with Crippen LogP contribution in [0, 0.1) is 0 Å². The van der Waals surface area contributed by atoms with E-state index in [-0.39, 0.29) is 11.7 Å². The number of ether oxygens (including phenoxy) is 1. The van der Waals surface area contributed by atoms with Crippen molar-refractivity contribution in [3.05, 3.63) is 54.1 Å². The number of rotatable bonds is 8. The normalized spacial score (nSPS) is 11.6. The number of benzene rings is 2. The summed E-state index contributed by atoms with van der Waals surface area (Å²) in [5.74, 6) is 0.471. The molecule has 0 fully saturated rings. The molecule has 3 aromatic rings. The maximum absolute atomic E-state index is 12.5. The van der Waals surface area contributed by atoms with Gasteiger partial charge in [-0.1, -0.05) is 35.2 Å². The molecule has 0 aliphatic rings. The number of hydrogen-bond donors (Lipinski definition) is 2. The lowest BCUT2D eigenvalue weighted by atomic mass is 10.1. The van der Waals surface area contributed by atoms with Gasteiger partial charge in [0.05, 0.1) is 18.0 Å². The van der Waals surface area contributed by atoms with Gasteiger partial charge in [0.15, 0.2) is 10.1 Å². The van der Waals surface area contributed by atoms with E-state index >= 15 is 0 Å². The first-order chi connectivity index (χ1) is 14.0. The molecule has 1 amide bonds. The molecule has 3 rings (SSSR count). The molecule has 1 heterocycles. The van der Waals surface area contributed by atoms with Gasteiger partial charge >= 0.3 is 0 Å². The molecule has 0 bridgehead atoms. The number of carbonyl (C=O) groups excluding carboxylic acids is 2. The van der Waals surface area contributed by atoms with Crippen LogP contribution in [0.3, 0.4) is 0 Å². The molecule has 0 saturated heterocycles. The lowest BCUT2D eigenvalue weighted by Crippen LogP contribution is -2.23. The molecule has 0 saturated carbocycles. The molecular formula is C20H20N4O3S2. The van der Waals surface area contributed by atoms with Crippen LogP contribution in [0.2, 0.25) is 0 Å². The van der Waals surface area contributed by atoms with Gasteiger partial charge in [-0.25, -0.2) is 0 Å². The van der Waals surface area contributed by atoms with Crippen molar-refractivity contribution in [2.45, 2.75) is 23.4 Å². The predicted octanol–water partition coefficient (Wildman–Crippen LogP) is 4.61. The van der Waals surface area contributed by atoms with Gasteiger partial charge in [0.25, 0.3) is 0 Å². The van der Waals surface area contributed by atoms with Crippen molar-refractivity contribution in [2.24, 2.45) is 0 Å². The second-order valence-electron chi connectivity index (χ2n) is 6.08. The minimum absolute atomic E-state index is 0.0976. The summed E-state index contributed by atoms with van der Waals surface area (Å²) in [6.45, 7) is 3.26. The lowest BCUT2D eigenvalue weighted by Gasteiger charge is -2.12. The molecule has 0 radical (unpaired) electrons. The Morgan fingerprint density at radius 3 is 2.52 bits per heavy atom. The van der Waals surface area contributed by atoms with Crippen LogP contribution >= 0.6 is 23.1 Å². The highest BCUT2D eigenvalue weighted by Crippen LogP contribution is 2.31. The first kappa shape index (κ1) is 20.8. The fourth-order valence-electron chi connectivity index (χ4n) is 2.44. The molecule has 9 heteroatoms. The van der Waals surface area contributed by atoms with E-state index in [0.717, 1.165) is 11.4 Å². The maximum Gasteiger partial charge on any atom is 0.237 e. The van der Waals surface area contributed by atoms with Crippen LogP contribution in [0.25, 0.3) is 0 Å². The Balaban J connectivity index is 1.60. The fraction of sp³-hybridized carbons (Fsp3) is 0.200. The molecule has 1 unspecified atom stereocenters. The second-order valence-corrected chi connectivity index (χ2v) is 8.64. The number of amides is 1. The summed E-state index contributed by atoms with van der Waals surface area (Å²) in [7, 11) is 1.62. The lowest BCUT2D eigenvalue weighted by molar-refractivity contribution is -0.115. The molecule has 29 heavy (non-hydrogen) atoms. The minimum Gasteiger partial charge on any atom is -0.497 e. The number of ketones is 1. The van der Waals surface area contributed by atoms with Gasteiger partial charge in [-0.15, -0.1) is 10.2 Å². The van der Waals surface area contributed by atoms with Gasteiger partial charge in [-0.2, -0.15) is 0 Å². The van der Waals surface area contributed by atoms with Crippen molar-refractivity contribution in [2.75, 3.05) is 17.7 Å². The zero-order valence-electron chi connectivity index (χ0n) is 16.1. The Labute approximate surface area is 176 Å². The Kier molecular flexibility index (Phi) is 6.84. The highest BCUT2D eigenvalue weighted by molar-refractivity contribution is 8.02. The quantitative estimate of drug-likeness (QED) is 0.400. The molecule has 0 aliphatic carbocycles. The van der Waals surface area contributed by atoms with E-state index in [0.29, 0.717) is 20.7 Å². The summed E-state index contributed by atoms with van der Waals surface area (Å²) in [5, 5.41) is 14.5. The van der Waals surface area contributed by atoms with E-state index in [9.17, 15) is 9.59 Å². The molecule has 0 spiro atoms. The smallest absolute Gasteiger partial charge is 0.237 e. The first-order valence-corrected chi connectivity index (χ1v) is 10.5. The van der Waals surface area contributed by atoms with Crippen LogP contribution in [0.15, 0.2) is 52.9 Å². The van der Waals surface area contributed by atoms with E-state index in [4.69, 9.17) is 4.74 Å². The zero-order valence-corrected chi connectivity index (χ0v) is 17.8. The number of anilines is 3. The number of aromatic nitrogens is 2. The SMILES string of the molecule is COc1ccc(Nc2nnc(SC(C)C(=O)Nc3ccccc3C(C)=O)s2)cc1. The number of carbonyl (C=O) groups is 2. The molecule has 0 aliphatic heterocycles. The molecular weight excluding hydrogens is 408 g/mol. The van der Waals surface area contributed by atoms with Crippen molar-refractivity contribution in [1.29, 1.82) is 0 Å². The van der Waals surface area contributed by atoms with Crippen molar-refractivity contribution in [3.63, 3.8) is 0 Å². The second kappa shape index (κ2) is 9.53.